The Balaban J connectivity index is 1.54. The largest absolute Gasteiger partial charge is 0.489 e. The maximum Gasteiger partial charge on any atom is 0.123 e. The summed E-state index contributed by atoms with van der Waals surface area (Å²) in [6, 6.07) is 13.8. The molecule has 0 amide bonds. The highest BCUT2D eigenvalue weighted by Gasteiger charge is 2.19. The van der Waals surface area contributed by atoms with Gasteiger partial charge in [0.25, 0.3) is 0 Å². The second-order valence-electron chi connectivity index (χ2n) is 5.67. The van der Waals surface area contributed by atoms with Crippen LogP contribution in [0, 0.1) is 12.7 Å². The van der Waals surface area contributed by atoms with Crippen molar-refractivity contribution in [3.63, 3.8) is 0 Å². The Labute approximate surface area is 125 Å². The van der Waals surface area contributed by atoms with Gasteiger partial charge in [-0.1, -0.05) is 24.3 Å². The summed E-state index contributed by atoms with van der Waals surface area (Å²) in [5.41, 5.74) is 3.23. The fraction of sp³-hybridized carbons (Fsp3) is 0.333. The van der Waals surface area contributed by atoms with E-state index in [1.807, 2.05) is 6.92 Å². The molecule has 0 heterocycles. The first-order valence-electron chi connectivity index (χ1n) is 7.41. The minimum Gasteiger partial charge on any atom is -0.489 e. The van der Waals surface area contributed by atoms with Crippen LogP contribution >= 0.6 is 0 Å². The lowest BCUT2D eigenvalue weighted by Gasteiger charge is -2.10. The molecule has 3 heteroatoms. The van der Waals surface area contributed by atoms with Crippen LogP contribution in [0.3, 0.4) is 0 Å². The van der Waals surface area contributed by atoms with E-state index in [4.69, 9.17) is 4.74 Å². The standard InChI is InChI=1S/C18H20FNO/c1-13-10-16(19)6-9-18(13)21-12-15-4-2-14(3-5-15)11-20-17-7-8-17/h2-6,9-10,17,20H,7-8,11-12H2,1H3. The van der Waals surface area contributed by atoms with Gasteiger partial charge in [0.1, 0.15) is 18.2 Å². The number of rotatable bonds is 6. The molecule has 0 aromatic heterocycles. The highest BCUT2D eigenvalue weighted by atomic mass is 19.1. The number of halogens is 1. The van der Waals surface area contributed by atoms with Crippen LogP contribution in [0.2, 0.25) is 0 Å². The summed E-state index contributed by atoms with van der Waals surface area (Å²) >= 11 is 0. The van der Waals surface area contributed by atoms with Gasteiger partial charge in [-0.2, -0.15) is 0 Å². The molecule has 0 spiro atoms. The van der Waals surface area contributed by atoms with E-state index < -0.39 is 0 Å². The summed E-state index contributed by atoms with van der Waals surface area (Å²) in [4.78, 5) is 0. The number of hydrogen-bond acceptors (Lipinski definition) is 2. The lowest BCUT2D eigenvalue weighted by molar-refractivity contribution is 0.303. The Morgan fingerprint density at radius 2 is 1.81 bits per heavy atom. The molecule has 110 valence electrons. The summed E-state index contributed by atoms with van der Waals surface area (Å²) < 4.78 is 18.8. The van der Waals surface area contributed by atoms with Crippen molar-refractivity contribution in [3.8, 4) is 5.75 Å². The Kier molecular flexibility index (Phi) is 4.20. The molecule has 0 bridgehead atoms. The third-order valence-corrected chi connectivity index (χ3v) is 3.73. The van der Waals surface area contributed by atoms with Crippen molar-refractivity contribution in [1.82, 2.24) is 5.32 Å². The Bertz CT molecular complexity index is 605. The van der Waals surface area contributed by atoms with E-state index >= 15 is 0 Å². The third kappa shape index (κ3) is 4.05. The summed E-state index contributed by atoms with van der Waals surface area (Å²) in [6.07, 6.45) is 2.62. The molecule has 2 nitrogen and oxygen atoms in total. The zero-order valence-electron chi connectivity index (χ0n) is 12.2. The second kappa shape index (κ2) is 6.27. The zero-order chi connectivity index (χ0) is 14.7. The van der Waals surface area contributed by atoms with E-state index in [0.717, 1.165) is 29.5 Å². The molecule has 0 radical (unpaired) electrons. The Hall–Kier alpha value is -1.87. The van der Waals surface area contributed by atoms with E-state index in [1.54, 1.807) is 6.07 Å². The normalized spacial score (nSPS) is 14.2. The summed E-state index contributed by atoms with van der Waals surface area (Å²) in [7, 11) is 0. The maximum atomic E-state index is 13.0. The van der Waals surface area contributed by atoms with Gasteiger partial charge in [0.2, 0.25) is 0 Å². The van der Waals surface area contributed by atoms with E-state index in [9.17, 15) is 4.39 Å². The first kappa shape index (κ1) is 14.1. The van der Waals surface area contributed by atoms with Crippen LogP contribution in [-0.4, -0.2) is 6.04 Å². The Morgan fingerprint density at radius 3 is 2.48 bits per heavy atom. The van der Waals surface area contributed by atoms with Gasteiger partial charge in [-0.15, -0.1) is 0 Å². The van der Waals surface area contributed by atoms with Gasteiger partial charge in [0.05, 0.1) is 0 Å². The molecular weight excluding hydrogens is 265 g/mol. The monoisotopic (exact) mass is 285 g/mol. The van der Waals surface area contributed by atoms with Gasteiger partial charge in [0.15, 0.2) is 0 Å². The highest BCUT2D eigenvalue weighted by molar-refractivity contribution is 5.33. The van der Waals surface area contributed by atoms with Crippen LogP contribution in [0.25, 0.3) is 0 Å². The Morgan fingerprint density at radius 1 is 1.10 bits per heavy atom. The fourth-order valence-electron chi connectivity index (χ4n) is 2.24. The average molecular weight is 285 g/mol. The molecule has 1 aliphatic carbocycles. The fourth-order valence-corrected chi connectivity index (χ4v) is 2.24. The average Bonchev–Trinajstić information content (AvgIpc) is 3.30. The summed E-state index contributed by atoms with van der Waals surface area (Å²) in [5, 5.41) is 3.50. The summed E-state index contributed by atoms with van der Waals surface area (Å²) in [5.74, 6) is 0.503. The van der Waals surface area contributed by atoms with Crippen molar-refractivity contribution in [3.05, 3.63) is 65.0 Å². The number of benzene rings is 2. The lowest BCUT2D eigenvalue weighted by Crippen LogP contribution is -2.15. The topological polar surface area (TPSA) is 21.3 Å². The minimum atomic E-state index is -0.229. The first-order chi connectivity index (χ1) is 10.2. The van der Waals surface area contributed by atoms with Crippen molar-refractivity contribution >= 4 is 0 Å². The number of aryl methyl sites for hydroxylation is 1. The third-order valence-electron chi connectivity index (χ3n) is 3.73. The van der Waals surface area contributed by atoms with Crippen LogP contribution in [-0.2, 0) is 13.2 Å². The van der Waals surface area contributed by atoms with Crippen LogP contribution in [0.4, 0.5) is 4.39 Å². The highest BCUT2D eigenvalue weighted by Crippen LogP contribution is 2.21. The predicted octanol–water partition coefficient (Wildman–Crippen LogP) is 3.97. The second-order valence-corrected chi connectivity index (χ2v) is 5.67. The van der Waals surface area contributed by atoms with E-state index in [1.165, 1.54) is 30.5 Å². The molecule has 2 aromatic carbocycles. The van der Waals surface area contributed by atoms with Gasteiger partial charge in [0, 0.05) is 12.6 Å². The van der Waals surface area contributed by atoms with E-state index in [-0.39, 0.29) is 5.82 Å². The summed E-state index contributed by atoms with van der Waals surface area (Å²) in [6.45, 7) is 3.29. The zero-order valence-corrected chi connectivity index (χ0v) is 12.2. The lowest BCUT2D eigenvalue weighted by atomic mass is 10.1. The van der Waals surface area contributed by atoms with Crippen molar-refractivity contribution in [1.29, 1.82) is 0 Å². The van der Waals surface area contributed by atoms with Crippen LogP contribution in [0.15, 0.2) is 42.5 Å². The molecule has 1 aliphatic rings. The number of nitrogens with one attached hydrogen (secondary N) is 1. The smallest absolute Gasteiger partial charge is 0.123 e. The molecule has 0 unspecified atom stereocenters. The van der Waals surface area contributed by atoms with Gasteiger partial charge in [-0.25, -0.2) is 4.39 Å². The molecule has 0 atom stereocenters. The van der Waals surface area contributed by atoms with Crippen LogP contribution < -0.4 is 10.1 Å². The van der Waals surface area contributed by atoms with Crippen molar-refractivity contribution in [2.24, 2.45) is 0 Å². The van der Waals surface area contributed by atoms with E-state index in [0.29, 0.717) is 6.61 Å². The molecule has 21 heavy (non-hydrogen) atoms. The van der Waals surface area contributed by atoms with Gasteiger partial charge in [-0.05, 0) is 54.7 Å². The van der Waals surface area contributed by atoms with Gasteiger partial charge < -0.3 is 10.1 Å². The molecular formula is C18H20FNO. The quantitative estimate of drug-likeness (QED) is 0.867. The SMILES string of the molecule is Cc1cc(F)ccc1OCc1ccc(CNC2CC2)cc1. The maximum absolute atomic E-state index is 13.0. The van der Waals surface area contributed by atoms with Crippen molar-refractivity contribution < 1.29 is 9.13 Å². The molecule has 0 saturated heterocycles. The molecule has 2 aromatic rings. The molecule has 3 rings (SSSR count). The molecule has 0 aliphatic heterocycles. The molecule has 1 fully saturated rings. The van der Waals surface area contributed by atoms with Crippen LogP contribution in [0.5, 0.6) is 5.75 Å². The molecule has 1 saturated carbocycles. The van der Waals surface area contributed by atoms with E-state index in [2.05, 4.69) is 29.6 Å². The first-order valence-corrected chi connectivity index (χ1v) is 7.41. The van der Waals surface area contributed by atoms with Crippen molar-refractivity contribution in [2.45, 2.75) is 39.0 Å². The van der Waals surface area contributed by atoms with Gasteiger partial charge >= 0.3 is 0 Å². The van der Waals surface area contributed by atoms with Gasteiger partial charge in [-0.3, -0.25) is 0 Å². The minimum absolute atomic E-state index is 0.229. The van der Waals surface area contributed by atoms with Crippen LogP contribution in [0.1, 0.15) is 29.5 Å². The number of hydrogen-bond donors (Lipinski definition) is 1. The van der Waals surface area contributed by atoms with Crippen molar-refractivity contribution in [2.75, 3.05) is 0 Å². The predicted molar refractivity (Wildman–Crippen MR) is 81.8 cm³/mol. The molecule has 1 N–H and O–H groups in total. The number of ether oxygens (including phenoxy) is 1.